The van der Waals surface area contributed by atoms with Gasteiger partial charge in [-0.25, -0.2) is 4.98 Å². The molecular formula is C16H17N5OS2. The molecule has 2 aromatic heterocycles. The third kappa shape index (κ3) is 3.74. The van der Waals surface area contributed by atoms with Crippen LogP contribution in [0.4, 0.5) is 5.13 Å². The molecule has 2 aromatic rings. The number of carbonyl (C=O) groups is 1. The van der Waals surface area contributed by atoms with Crippen LogP contribution in [0.1, 0.15) is 41.6 Å². The van der Waals surface area contributed by atoms with Gasteiger partial charge in [0.25, 0.3) is 0 Å². The van der Waals surface area contributed by atoms with Crippen molar-refractivity contribution in [2.45, 2.75) is 49.8 Å². The molecule has 1 aliphatic rings. The number of hydrogen-bond acceptors (Lipinski definition) is 7. The van der Waals surface area contributed by atoms with Gasteiger partial charge in [0, 0.05) is 5.69 Å². The first-order valence-electron chi connectivity index (χ1n) is 7.77. The van der Waals surface area contributed by atoms with Gasteiger partial charge in [-0.3, -0.25) is 10.1 Å². The van der Waals surface area contributed by atoms with Crippen molar-refractivity contribution < 1.29 is 4.79 Å². The number of aromatic nitrogens is 3. The summed E-state index contributed by atoms with van der Waals surface area (Å²) in [6, 6.07) is 4.14. The standard InChI is InChI=1S/C16H17N5OS2/c1-9(14(22)19-16-21-20-10(2)24-16)23-15-12(8-17)7-11-5-3-4-6-13(11)18-15/h7,9H,3-6H2,1-2H3,(H,19,21,22). The first kappa shape index (κ1) is 16.9. The summed E-state index contributed by atoms with van der Waals surface area (Å²) < 4.78 is 0. The van der Waals surface area contributed by atoms with Crippen molar-refractivity contribution in [1.29, 1.82) is 5.26 Å². The minimum atomic E-state index is -0.379. The minimum absolute atomic E-state index is 0.167. The minimum Gasteiger partial charge on any atom is -0.300 e. The van der Waals surface area contributed by atoms with Crippen LogP contribution >= 0.6 is 23.1 Å². The molecule has 1 aliphatic carbocycles. The van der Waals surface area contributed by atoms with Gasteiger partial charge in [-0.2, -0.15) is 5.26 Å². The van der Waals surface area contributed by atoms with E-state index >= 15 is 0 Å². The van der Waals surface area contributed by atoms with Gasteiger partial charge in [0.05, 0.1) is 10.8 Å². The van der Waals surface area contributed by atoms with Crippen molar-refractivity contribution in [2.24, 2.45) is 0 Å². The molecule has 24 heavy (non-hydrogen) atoms. The molecule has 0 bridgehead atoms. The Kier molecular flexibility index (Phi) is 5.11. The van der Waals surface area contributed by atoms with Crippen LogP contribution in [-0.2, 0) is 17.6 Å². The van der Waals surface area contributed by atoms with Crippen molar-refractivity contribution in [3.8, 4) is 6.07 Å². The van der Waals surface area contributed by atoms with E-state index in [0.29, 0.717) is 15.7 Å². The number of nitrogens with zero attached hydrogens (tertiary/aromatic N) is 4. The van der Waals surface area contributed by atoms with Crippen LogP contribution in [0.5, 0.6) is 0 Å². The second-order valence-corrected chi connectivity index (χ2v) is 8.15. The number of fused-ring (bicyclic) bond motifs is 1. The predicted molar refractivity (Wildman–Crippen MR) is 94.2 cm³/mol. The molecule has 6 nitrogen and oxygen atoms in total. The second kappa shape index (κ2) is 7.28. The smallest absolute Gasteiger partial charge is 0.239 e. The van der Waals surface area contributed by atoms with Gasteiger partial charge in [0.15, 0.2) is 0 Å². The number of nitrogens with one attached hydrogen (secondary N) is 1. The first-order valence-corrected chi connectivity index (χ1v) is 9.47. The lowest BCUT2D eigenvalue weighted by Gasteiger charge is -2.17. The molecule has 1 atom stereocenters. The lowest BCUT2D eigenvalue weighted by molar-refractivity contribution is -0.115. The van der Waals surface area contributed by atoms with Crippen LogP contribution in [-0.4, -0.2) is 26.3 Å². The number of pyridine rings is 1. The second-order valence-electron chi connectivity index (χ2n) is 5.64. The highest BCUT2D eigenvalue weighted by atomic mass is 32.2. The van der Waals surface area contributed by atoms with E-state index < -0.39 is 0 Å². The van der Waals surface area contributed by atoms with Crippen LogP contribution in [0.2, 0.25) is 0 Å². The Hall–Kier alpha value is -1.98. The third-order valence-electron chi connectivity index (χ3n) is 3.80. The topological polar surface area (TPSA) is 91.6 Å². The number of rotatable bonds is 4. The van der Waals surface area contributed by atoms with E-state index in [1.165, 1.54) is 28.7 Å². The summed E-state index contributed by atoms with van der Waals surface area (Å²) in [6.07, 6.45) is 4.20. The molecule has 0 aromatic carbocycles. The van der Waals surface area contributed by atoms with Crippen molar-refractivity contribution in [3.05, 3.63) is 27.9 Å². The molecule has 1 N–H and O–H groups in total. The Labute approximate surface area is 148 Å². The van der Waals surface area contributed by atoms with Gasteiger partial charge in [-0.1, -0.05) is 23.1 Å². The maximum absolute atomic E-state index is 12.3. The van der Waals surface area contributed by atoms with Gasteiger partial charge >= 0.3 is 0 Å². The highest BCUT2D eigenvalue weighted by Gasteiger charge is 2.21. The molecule has 3 rings (SSSR count). The summed E-state index contributed by atoms with van der Waals surface area (Å²) in [6.45, 7) is 3.64. The predicted octanol–water partition coefficient (Wildman–Crippen LogP) is 3.11. The van der Waals surface area contributed by atoms with E-state index in [1.54, 1.807) is 6.92 Å². The fourth-order valence-electron chi connectivity index (χ4n) is 2.56. The Balaban J connectivity index is 1.74. The number of aryl methyl sites for hydroxylation is 3. The molecule has 0 saturated carbocycles. The van der Waals surface area contributed by atoms with Crippen LogP contribution < -0.4 is 5.32 Å². The quantitative estimate of drug-likeness (QED) is 0.843. The fourth-order valence-corrected chi connectivity index (χ4v) is 4.05. The van der Waals surface area contributed by atoms with Crippen LogP contribution in [0, 0.1) is 18.3 Å². The lowest BCUT2D eigenvalue weighted by atomic mass is 9.95. The van der Waals surface area contributed by atoms with Crippen molar-refractivity contribution >= 4 is 34.1 Å². The van der Waals surface area contributed by atoms with Gasteiger partial charge < -0.3 is 0 Å². The van der Waals surface area contributed by atoms with E-state index in [0.717, 1.165) is 36.4 Å². The summed E-state index contributed by atoms with van der Waals surface area (Å²) in [5, 5.41) is 21.5. The number of hydrogen-bond donors (Lipinski definition) is 1. The summed E-state index contributed by atoms with van der Waals surface area (Å²) in [5.41, 5.74) is 2.78. The van der Waals surface area contributed by atoms with E-state index in [1.807, 2.05) is 13.0 Å². The monoisotopic (exact) mass is 359 g/mol. The molecule has 0 radical (unpaired) electrons. The van der Waals surface area contributed by atoms with Crippen molar-refractivity contribution in [3.63, 3.8) is 0 Å². The SMILES string of the molecule is Cc1nnc(NC(=O)C(C)Sc2nc3c(cc2C#N)CCCC3)s1. The van der Waals surface area contributed by atoms with E-state index in [-0.39, 0.29) is 11.2 Å². The zero-order valence-corrected chi connectivity index (χ0v) is 15.1. The molecule has 124 valence electrons. The molecular weight excluding hydrogens is 342 g/mol. The molecule has 2 heterocycles. The summed E-state index contributed by atoms with van der Waals surface area (Å²) in [7, 11) is 0. The third-order valence-corrected chi connectivity index (χ3v) is 5.66. The number of anilines is 1. The van der Waals surface area contributed by atoms with E-state index in [4.69, 9.17) is 0 Å². The lowest BCUT2D eigenvalue weighted by Crippen LogP contribution is -2.22. The number of nitriles is 1. The average Bonchev–Trinajstić information content (AvgIpc) is 2.99. The van der Waals surface area contributed by atoms with Gasteiger partial charge in [0.1, 0.15) is 16.1 Å². The fraction of sp³-hybridized carbons (Fsp3) is 0.438. The molecule has 0 spiro atoms. The van der Waals surface area contributed by atoms with Crippen molar-refractivity contribution in [1.82, 2.24) is 15.2 Å². The number of carbonyl (C=O) groups excluding carboxylic acids is 1. The van der Waals surface area contributed by atoms with Crippen LogP contribution in [0.15, 0.2) is 11.1 Å². The summed E-state index contributed by atoms with van der Waals surface area (Å²) in [5.74, 6) is -0.167. The highest BCUT2D eigenvalue weighted by Crippen LogP contribution is 2.30. The van der Waals surface area contributed by atoms with Gasteiger partial charge in [0.2, 0.25) is 11.0 Å². The molecule has 0 aliphatic heterocycles. The van der Waals surface area contributed by atoms with Crippen LogP contribution in [0.25, 0.3) is 0 Å². The summed E-state index contributed by atoms with van der Waals surface area (Å²) >= 11 is 2.65. The molecule has 0 saturated heterocycles. The van der Waals surface area contributed by atoms with E-state index in [2.05, 4.69) is 26.6 Å². The largest absolute Gasteiger partial charge is 0.300 e. The Bertz CT molecular complexity index is 811. The van der Waals surface area contributed by atoms with Gasteiger partial charge in [-0.15, -0.1) is 10.2 Å². The normalized spacial score (nSPS) is 14.5. The summed E-state index contributed by atoms with van der Waals surface area (Å²) in [4.78, 5) is 17.0. The zero-order valence-electron chi connectivity index (χ0n) is 13.5. The maximum atomic E-state index is 12.3. The Morgan fingerprint density at radius 2 is 2.21 bits per heavy atom. The molecule has 1 unspecified atom stereocenters. The zero-order chi connectivity index (χ0) is 17.1. The Morgan fingerprint density at radius 1 is 1.42 bits per heavy atom. The van der Waals surface area contributed by atoms with Gasteiger partial charge in [-0.05, 0) is 51.2 Å². The molecule has 1 amide bonds. The first-order chi connectivity index (χ1) is 11.6. The van der Waals surface area contributed by atoms with E-state index in [9.17, 15) is 10.1 Å². The van der Waals surface area contributed by atoms with Crippen LogP contribution in [0.3, 0.4) is 0 Å². The van der Waals surface area contributed by atoms with Crippen molar-refractivity contribution in [2.75, 3.05) is 5.32 Å². The maximum Gasteiger partial charge on any atom is 0.239 e. The molecule has 8 heteroatoms. The Morgan fingerprint density at radius 3 is 2.92 bits per heavy atom. The number of amides is 1. The molecule has 0 fully saturated rings. The number of thioether (sulfide) groups is 1. The highest BCUT2D eigenvalue weighted by molar-refractivity contribution is 8.00. The average molecular weight is 359 g/mol.